The van der Waals surface area contributed by atoms with Gasteiger partial charge in [0.25, 0.3) is 0 Å². The van der Waals surface area contributed by atoms with Crippen LogP contribution in [0.25, 0.3) is 11.4 Å². The SMILES string of the molecule is Cc1ccc(-c2ncc(CO)c(N)n2)c(C)c1. The summed E-state index contributed by atoms with van der Waals surface area (Å²) in [6, 6.07) is 6.08. The number of rotatable bonds is 2. The average Bonchev–Trinajstić information content (AvgIpc) is 2.29. The van der Waals surface area contributed by atoms with Crippen molar-refractivity contribution in [3.8, 4) is 11.4 Å². The standard InChI is InChI=1S/C13H15N3O/c1-8-3-4-11(9(2)5-8)13-15-6-10(7-17)12(14)16-13/h3-6,17H,7H2,1-2H3,(H2,14,15,16). The monoisotopic (exact) mass is 229 g/mol. The molecule has 0 radical (unpaired) electrons. The average molecular weight is 229 g/mol. The quantitative estimate of drug-likeness (QED) is 0.824. The summed E-state index contributed by atoms with van der Waals surface area (Å²) in [5.74, 6) is 0.926. The molecule has 1 aromatic heterocycles. The van der Waals surface area contributed by atoms with Gasteiger partial charge < -0.3 is 10.8 Å². The van der Waals surface area contributed by atoms with E-state index in [0.717, 1.165) is 11.1 Å². The number of hydrogen-bond donors (Lipinski definition) is 2. The van der Waals surface area contributed by atoms with Crippen LogP contribution in [0.5, 0.6) is 0 Å². The van der Waals surface area contributed by atoms with Crippen molar-refractivity contribution in [3.63, 3.8) is 0 Å². The summed E-state index contributed by atoms with van der Waals surface area (Å²) >= 11 is 0. The van der Waals surface area contributed by atoms with E-state index in [9.17, 15) is 0 Å². The minimum absolute atomic E-state index is 0.140. The fraction of sp³-hybridized carbons (Fsp3) is 0.231. The zero-order valence-electron chi connectivity index (χ0n) is 9.94. The molecule has 1 heterocycles. The number of nitrogens with zero attached hydrogens (tertiary/aromatic N) is 2. The van der Waals surface area contributed by atoms with Crippen molar-refractivity contribution in [2.75, 3.05) is 5.73 Å². The van der Waals surface area contributed by atoms with Gasteiger partial charge >= 0.3 is 0 Å². The second kappa shape index (κ2) is 4.51. The van der Waals surface area contributed by atoms with Crippen molar-refractivity contribution in [2.24, 2.45) is 0 Å². The van der Waals surface area contributed by atoms with E-state index >= 15 is 0 Å². The zero-order chi connectivity index (χ0) is 12.4. The lowest BCUT2D eigenvalue weighted by Crippen LogP contribution is -2.02. The highest BCUT2D eigenvalue weighted by atomic mass is 16.3. The minimum Gasteiger partial charge on any atom is -0.391 e. The molecule has 0 amide bonds. The summed E-state index contributed by atoms with van der Waals surface area (Å²) < 4.78 is 0. The normalized spacial score (nSPS) is 10.5. The summed E-state index contributed by atoms with van der Waals surface area (Å²) in [6.45, 7) is 3.92. The first kappa shape index (κ1) is 11.5. The number of hydrogen-bond acceptors (Lipinski definition) is 4. The lowest BCUT2D eigenvalue weighted by Gasteiger charge is -2.07. The van der Waals surface area contributed by atoms with E-state index in [4.69, 9.17) is 10.8 Å². The number of aliphatic hydroxyl groups excluding tert-OH is 1. The number of nitrogen functional groups attached to an aromatic ring is 1. The number of benzene rings is 1. The Hall–Kier alpha value is -1.94. The third-order valence-electron chi connectivity index (χ3n) is 2.69. The van der Waals surface area contributed by atoms with Crippen LogP contribution in [-0.4, -0.2) is 15.1 Å². The van der Waals surface area contributed by atoms with E-state index in [1.807, 2.05) is 26.0 Å². The minimum atomic E-state index is -0.140. The maximum absolute atomic E-state index is 9.01. The van der Waals surface area contributed by atoms with Gasteiger partial charge in [0.05, 0.1) is 6.61 Å². The summed E-state index contributed by atoms with van der Waals surface area (Å²) in [4.78, 5) is 8.43. The Morgan fingerprint density at radius 2 is 2.06 bits per heavy atom. The summed E-state index contributed by atoms with van der Waals surface area (Å²) in [7, 11) is 0. The predicted molar refractivity (Wildman–Crippen MR) is 67.3 cm³/mol. The van der Waals surface area contributed by atoms with Gasteiger partial charge in [-0.05, 0) is 19.4 Å². The molecule has 2 aromatic rings. The van der Waals surface area contributed by atoms with Crippen LogP contribution in [0.4, 0.5) is 5.82 Å². The molecule has 0 aliphatic heterocycles. The molecule has 0 bridgehead atoms. The summed E-state index contributed by atoms with van der Waals surface area (Å²) in [6.07, 6.45) is 1.57. The van der Waals surface area contributed by atoms with Crippen LogP contribution in [0, 0.1) is 13.8 Å². The van der Waals surface area contributed by atoms with Crippen LogP contribution < -0.4 is 5.73 Å². The lowest BCUT2D eigenvalue weighted by molar-refractivity contribution is 0.281. The molecule has 1 aromatic carbocycles. The number of aryl methyl sites for hydroxylation is 2. The fourth-order valence-electron chi connectivity index (χ4n) is 1.74. The Morgan fingerprint density at radius 1 is 1.29 bits per heavy atom. The van der Waals surface area contributed by atoms with Crippen LogP contribution in [0.2, 0.25) is 0 Å². The molecule has 4 heteroatoms. The van der Waals surface area contributed by atoms with Crippen molar-refractivity contribution in [1.29, 1.82) is 0 Å². The highest BCUT2D eigenvalue weighted by molar-refractivity contribution is 5.62. The first-order chi connectivity index (χ1) is 8.11. The molecule has 3 N–H and O–H groups in total. The Balaban J connectivity index is 2.50. The molecule has 0 saturated heterocycles. The van der Waals surface area contributed by atoms with E-state index in [1.165, 1.54) is 5.56 Å². The second-order valence-electron chi connectivity index (χ2n) is 4.08. The van der Waals surface area contributed by atoms with Gasteiger partial charge in [-0.2, -0.15) is 0 Å². The van der Waals surface area contributed by atoms with Crippen LogP contribution in [0.15, 0.2) is 24.4 Å². The first-order valence-electron chi connectivity index (χ1n) is 5.41. The Kier molecular flexibility index (Phi) is 3.06. The molecule has 88 valence electrons. The fourth-order valence-corrected chi connectivity index (χ4v) is 1.74. The van der Waals surface area contributed by atoms with Gasteiger partial charge in [-0.15, -0.1) is 0 Å². The molecule has 17 heavy (non-hydrogen) atoms. The van der Waals surface area contributed by atoms with Gasteiger partial charge in [0, 0.05) is 17.3 Å². The van der Waals surface area contributed by atoms with Gasteiger partial charge in [0.2, 0.25) is 0 Å². The van der Waals surface area contributed by atoms with Crippen molar-refractivity contribution >= 4 is 5.82 Å². The molecule has 4 nitrogen and oxygen atoms in total. The van der Waals surface area contributed by atoms with Crippen molar-refractivity contribution in [1.82, 2.24) is 9.97 Å². The van der Waals surface area contributed by atoms with E-state index < -0.39 is 0 Å². The van der Waals surface area contributed by atoms with Gasteiger partial charge in [0.15, 0.2) is 5.82 Å². The number of aliphatic hydroxyl groups is 1. The van der Waals surface area contributed by atoms with E-state index in [0.29, 0.717) is 17.2 Å². The van der Waals surface area contributed by atoms with E-state index in [-0.39, 0.29) is 6.61 Å². The highest BCUT2D eigenvalue weighted by Crippen LogP contribution is 2.22. The van der Waals surface area contributed by atoms with Gasteiger partial charge in [-0.25, -0.2) is 9.97 Å². The third kappa shape index (κ3) is 2.26. The van der Waals surface area contributed by atoms with Crippen LogP contribution in [-0.2, 0) is 6.61 Å². The molecule has 2 rings (SSSR count). The Labute approximate surface area is 100 Å². The number of anilines is 1. The highest BCUT2D eigenvalue weighted by Gasteiger charge is 2.07. The summed E-state index contributed by atoms with van der Waals surface area (Å²) in [5, 5.41) is 9.01. The predicted octanol–water partition coefficient (Wildman–Crippen LogP) is 1.83. The molecule has 0 aliphatic carbocycles. The van der Waals surface area contributed by atoms with Crippen LogP contribution >= 0.6 is 0 Å². The smallest absolute Gasteiger partial charge is 0.161 e. The van der Waals surface area contributed by atoms with Gasteiger partial charge in [-0.1, -0.05) is 23.8 Å². The Bertz CT molecular complexity index is 552. The molecule has 0 atom stereocenters. The molecular formula is C13H15N3O. The zero-order valence-corrected chi connectivity index (χ0v) is 9.94. The molecule has 0 spiro atoms. The van der Waals surface area contributed by atoms with E-state index in [2.05, 4.69) is 16.0 Å². The molecule has 0 aliphatic rings. The third-order valence-corrected chi connectivity index (χ3v) is 2.69. The van der Waals surface area contributed by atoms with E-state index in [1.54, 1.807) is 6.20 Å². The molecular weight excluding hydrogens is 214 g/mol. The van der Waals surface area contributed by atoms with Crippen molar-refractivity contribution in [3.05, 3.63) is 41.1 Å². The molecule has 0 saturated carbocycles. The Morgan fingerprint density at radius 3 is 2.65 bits per heavy atom. The molecule has 0 unspecified atom stereocenters. The summed E-state index contributed by atoms with van der Waals surface area (Å²) in [5.41, 5.74) is 9.57. The van der Waals surface area contributed by atoms with Gasteiger partial charge in [-0.3, -0.25) is 0 Å². The number of aromatic nitrogens is 2. The first-order valence-corrected chi connectivity index (χ1v) is 5.41. The maximum Gasteiger partial charge on any atom is 0.161 e. The second-order valence-corrected chi connectivity index (χ2v) is 4.08. The number of nitrogens with two attached hydrogens (primary N) is 1. The van der Waals surface area contributed by atoms with Gasteiger partial charge in [0.1, 0.15) is 5.82 Å². The van der Waals surface area contributed by atoms with Crippen LogP contribution in [0.1, 0.15) is 16.7 Å². The topological polar surface area (TPSA) is 72.0 Å². The van der Waals surface area contributed by atoms with Crippen molar-refractivity contribution in [2.45, 2.75) is 20.5 Å². The maximum atomic E-state index is 9.01. The lowest BCUT2D eigenvalue weighted by atomic mass is 10.1. The largest absolute Gasteiger partial charge is 0.391 e. The van der Waals surface area contributed by atoms with Crippen LogP contribution in [0.3, 0.4) is 0 Å². The molecule has 0 fully saturated rings. The van der Waals surface area contributed by atoms with Crippen molar-refractivity contribution < 1.29 is 5.11 Å².